The topological polar surface area (TPSA) is 98.3 Å². The molecule has 3 aromatic rings. The highest BCUT2D eigenvalue weighted by Gasteiger charge is 2.35. The third kappa shape index (κ3) is 4.54. The molecule has 1 fully saturated rings. The minimum Gasteiger partial charge on any atom is -0.469 e. The molecule has 0 N–H and O–H groups in total. The van der Waals surface area contributed by atoms with E-state index in [0.29, 0.717) is 29.6 Å². The van der Waals surface area contributed by atoms with Crippen LogP contribution in [0.1, 0.15) is 19.1 Å². The van der Waals surface area contributed by atoms with Crippen molar-refractivity contribution in [3.63, 3.8) is 0 Å². The summed E-state index contributed by atoms with van der Waals surface area (Å²) in [5, 5.41) is 9.21. The smallest absolute Gasteiger partial charge is 0.237 e. The quantitative estimate of drug-likeness (QED) is 0.499. The first-order chi connectivity index (χ1) is 14.9. The SMILES string of the molecule is CCn1c(SCC(=O)N(c2ccccc2)[C@@H]2CCS(=O)(=O)C2)nnc1-c1ccoc1C. The zero-order valence-corrected chi connectivity index (χ0v) is 19.0. The lowest BCUT2D eigenvalue weighted by Crippen LogP contribution is -2.42. The number of aryl methyl sites for hydroxylation is 1. The Morgan fingerprint density at radius 3 is 2.65 bits per heavy atom. The molecule has 0 bridgehead atoms. The molecule has 1 aliphatic rings. The van der Waals surface area contributed by atoms with E-state index in [2.05, 4.69) is 10.2 Å². The van der Waals surface area contributed by atoms with Gasteiger partial charge in [-0.05, 0) is 38.5 Å². The van der Waals surface area contributed by atoms with E-state index in [1.54, 1.807) is 11.2 Å². The summed E-state index contributed by atoms with van der Waals surface area (Å²) in [7, 11) is -3.12. The lowest BCUT2D eigenvalue weighted by atomic mass is 10.2. The molecule has 1 saturated heterocycles. The van der Waals surface area contributed by atoms with E-state index in [0.717, 1.165) is 11.3 Å². The van der Waals surface area contributed by atoms with Crippen LogP contribution in [0, 0.1) is 6.92 Å². The molecule has 1 aliphatic heterocycles. The van der Waals surface area contributed by atoms with Crippen molar-refractivity contribution < 1.29 is 17.6 Å². The number of para-hydroxylation sites is 1. The Hall–Kier alpha value is -2.59. The number of amides is 1. The van der Waals surface area contributed by atoms with Crippen LogP contribution in [0.3, 0.4) is 0 Å². The van der Waals surface area contributed by atoms with E-state index in [1.165, 1.54) is 11.8 Å². The molecule has 164 valence electrons. The van der Waals surface area contributed by atoms with Crippen molar-refractivity contribution in [2.24, 2.45) is 0 Å². The van der Waals surface area contributed by atoms with Crippen molar-refractivity contribution in [1.82, 2.24) is 14.8 Å². The van der Waals surface area contributed by atoms with Crippen LogP contribution in [-0.2, 0) is 21.2 Å². The minimum atomic E-state index is -3.12. The average Bonchev–Trinajstić information content (AvgIpc) is 3.45. The van der Waals surface area contributed by atoms with E-state index in [1.807, 2.05) is 54.8 Å². The van der Waals surface area contributed by atoms with E-state index in [-0.39, 0.29) is 29.2 Å². The number of carbonyl (C=O) groups is 1. The van der Waals surface area contributed by atoms with Crippen LogP contribution < -0.4 is 4.90 Å². The number of carbonyl (C=O) groups excluding carboxylic acids is 1. The maximum Gasteiger partial charge on any atom is 0.237 e. The van der Waals surface area contributed by atoms with Gasteiger partial charge in [0.15, 0.2) is 20.8 Å². The lowest BCUT2D eigenvalue weighted by molar-refractivity contribution is -0.116. The number of anilines is 1. The monoisotopic (exact) mass is 460 g/mol. The molecule has 1 aromatic carbocycles. The van der Waals surface area contributed by atoms with Crippen LogP contribution in [0.15, 0.2) is 52.2 Å². The molecule has 1 atom stereocenters. The molecule has 3 heterocycles. The van der Waals surface area contributed by atoms with Crippen LogP contribution >= 0.6 is 11.8 Å². The Morgan fingerprint density at radius 2 is 2.03 bits per heavy atom. The fraction of sp³-hybridized carbons (Fsp3) is 0.381. The molecule has 0 aliphatic carbocycles. The van der Waals surface area contributed by atoms with E-state index in [4.69, 9.17) is 4.42 Å². The molecule has 0 spiro atoms. The summed E-state index contributed by atoms with van der Waals surface area (Å²) in [5.41, 5.74) is 1.58. The van der Waals surface area contributed by atoms with Crippen molar-refractivity contribution in [2.75, 3.05) is 22.2 Å². The summed E-state index contributed by atoms with van der Waals surface area (Å²) in [4.78, 5) is 14.9. The normalized spacial score (nSPS) is 17.7. The number of rotatable bonds is 7. The van der Waals surface area contributed by atoms with Crippen molar-refractivity contribution in [2.45, 2.75) is 38.0 Å². The summed E-state index contributed by atoms with van der Waals surface area (Å²) in [6.07, 6.45) is 2.06. The number of nitrogens with zero attached hydrogens (tertiary/aromatic N) is 4. The van der Waals surface area contributed by atoms with Gasteiger partial charge in [0.05, 0.1) is 35.1 Å². The number of hydrogen-bond donors (Lipinski definition) is 0. The van der Waals surface area contributed by atoms with Crippen LogP contribution in [0.25, 0.3) is 11.4 Å². The Kier molecular flexibility index (Phi) is 6.19. The molecule has 31 heavy (non-hydrogen) atoms. The second kappa shape index (κ2) is 8.88. The summed E-state index contributed by atoms with van der Waals surface area (Å²) in [6.45, 7) is 4.51. The van der Waals surface area contributed by atoms with Crippen LogP contribution in [0.4, 0.5) is 5.69 Å². The predicted octanol–water partition coefficient (Wildman–Crippen LogP) is 3.18. The number of furan rings is 1. The second-order valence-electron chi connectivity index (χ2n) is 7.39. The lowest BCUT2D eigenvalue weighted by Gasteiger charge is -2.28. The molecular weight excluding hydrogens is 436 g/mol. The second-order valence-corrected chi connectivity index (χ2v) is 10.6. The number of benzene rings is 1. The van der Waals surface area contributed by atoms with Gasteiger partial charge < -0.3 is 13.9 Å². The number of sulfone groups is 1. The fourth-order valence-electron chi connectivity index (χ4n) is 3.82. The summed E-state index contributed by atoms with van der Waals surface area (Å²) in [6, 6.07) is 10.7. The van der Waals surface area contributed by atoms with Crippen molar-refractivity contribution >= 4 is 33.2 Å². The molecule has 0 unspecified atom stereocenters. The van der Waals surface area contributed by atoms with Gasteiger partial charge in [0.1, 0.15) is 5.76 Å². The van der Waals surface area contributed by atoms with Crippen molar-refractivity contribution in [1.29, 1.82) is 0 Å². The third-order valence-electron chi connectivity index (χ3n) is 5.33. The Balaban J connectivity index is 1.55. The Labute approximate surface area is 185 Å². The summed E-state index contributed by atoms with van der Waals surface area (Å²) < 4.78 is 31.4. The molecule has 0 saturated carbocycles. The van der Waals surface area contributed by atoms with Crippen molar-refractivity contribution in [3.05, 3.63) is 48.4 Å². The molecule has 8 nitrogen and oxygen atoms in total. The van der Waals surface area contributed by atoms with Crippen LogP contribution in [0.2, 0.25) is 0 Å². The van der Waals surface area contributed by atoms with Gasteiger partial charge in [-0.3, -0.25) is 4.79 Å². The highest BCUT2D eigenvalue weighted by molar-refractivity contribution is 7.99. The van der Waals surface area contributed by atoms with Gasteiger partial charge >= 0.3 is 0 Å². The number of hydrogen-bond acceptors (Lipinski definition) is 7. The molecule has 1 amide bonds. The first-order valence-electron chi connectivity index (χ1n) is 10.1. The van der Waals surface area contributed by atoms with Crippen LogP contribution in [-0.4, -0.2) is 52.4 Å². The summed E-state index contributed by atoms with van der Waals surface area (Å²) in [5.74, 6) is 1.54. The maximum atomic E-state index is 13.2. The van der Waals surface area contributed by atoms with Crippen LogP contribution in [0.5, 0.6) is 0 Å². The highest BCUT2D eigenvalue weighted by atomic mass is 32.2. The Bertz CT molecular complexity index is 1170. The zero-order chi connectivity index (χ0) is 22.0. The number of aromatic nitrogens is 3. The van der Waals surface area contributed by atoms with Gasteiger partial charge in [0.2, 0.25) is 5.91 Å². The molecule has 4 rings (SSSR count). The third-order valence-corrected chi connectivity index (χ3v) is 8.04. The standard InChI is InChI=1S/C21H24N4O4S2/c1-3-24-20(18-9-11-29-15(18)2)22-23-21(24)30-13-19(26)25(16-7-5-4-6-8-16)17-10-12-31(27,28)14-17/h4-9,11,17H,3,10,12-14H2,1-2H3/t17-/m1/s1. The average molecular weight is 461 g/mol. The van der Waals surface area contributed by atoms with Gasteiger partial charge in [0, 0.05) is 12.2 Å². The Morgan fingerprint density at radius 1 is 1.26 bits per heavy atom. The van der Waals surface area contributed by atoms with E-state index >= 15 is 0 Å². The number of thioether (sulfide) groups is 1. The molecule has 0 radical (unpaired) electrons. The van der Waals surface area contributed by atoms with Gasteiger partial charge in [-0.15, -0.1) is 10.2 Å². The molecule has 10 heteroatoms. The van der Waals surface area contributed by atoms with Gasteiger partial charge in [-0.2, -0.15) is 0 Å². The highest BCUT2D eigenvalue weighted by Crippen LogP contribution is 2.29. The molecular formula is C21H24N4O4S2. The minimum absolute atomic E-state index is 0.00659. The van der Waals surface area contributed by atoms with Gasteiger partial charge in [-0.25, -0.2) is 8.42 Å². The van der Waals surface area contributed by atoms with Gasteiger partial charge in [-0.1, -0.05) is 30.0 Å². The summed E-state index contributed by atoms with van der Waals surface area (Å²) >= 11 is 1.30. The van der Waals surface area contributed by atoms with E-state index in [9.17, 15) is 13.2 Å². The van der Waals surface area contributed by atoms with Gasteiger partial charge in [0.25, 0.3) is 0 Å². The van der Waals surface area contributed by atoms with E-state index < -0.39 is 9.84 Å². The largest absolute Gasteiger partial charge is 0.469 e. The zero-order valence-electron chi connectivity index (χ0n) is 17.4. The first-order valence-corrected chi connectivity index (χ1v) is 12.9. The molecule has 2 aromatic heterocycles. The first kappa shape index (κ1) is 21.6. The maximum absolute atomic E-state index is 13.2. The van der Waals surface area contributed by atoms with Crippen molar-refractivity contribution in [3.8, 4) is 11.4 Å². The fourth-order valence-corrected chi connectivity index (χ4v) is 6.38. The predicted molar refractivity (Wildman–Crippen MR) is 120 cm³/mol.